The molecule has 0 aliphatic rings. The number of imidazole rings is 1. The van der Waals surface area contributed by atoms with Crippen molar-refractivity contribution in [1.29, 1.82) is 0 Å². The van der Waals surface area contributed by atoms with Crippen LogP contribution in [-0.2, 0) is 0 Å². The molecule has 196 valence electrons. The van der Waals surface area contributed by atoms with Crippen LogP contribution in [0.5, 0.6) is 0 Å². The van der Waals surface area contributed by atoms with Gasteiger partial charge < -0.3 is 4.42 Å². The van der Waals surface area contributed by atoms with Crippen LogP contribution in [0.15, 0.2) is 85.9 Å². The molecule has 0 saturated carbocycles. The Hall–Kier alpha value is -4.94. The second-order valence-electron chi connectivity index (χ2n) is 9.07. The van der Waals surface area contributed by atoms with Crippen LogP contribution < -0.4 is 11.1 Å². The van der Waals surface area contributed by atoms with Crippen molar-refractivity contribution in [2.24, 2.45) is 5.10 Å². The fraction of sp³-hybridized carbons (Fsp3) is 0.0714. The molecule has 12 heteroatoms. The zero-order valence-electron chi connectivity index (χ0n) is 21.3. The summed E-state index contributed by atoms with van der Waals surface area (Å²) in [5.41, 5.74) is 9.11. The van der Waals surface area contributed by atoms with Crippen LogP contribution in [0.2, 0.25) is 0 Å². The molecular weight excluding hydrogens is 544 g/mol. The second kappa shape index (κ2) is 9.67. The maximum absolute atomic E-state index is 12.5. The van der Waals surface area contributed by atoms with Gasteiger partial charge in [0.05, 0.1) is 34.5 Å². The smallest absolute Gasteiger partial charge is 0.345 e. The number of nitrogens with zero attached hydrogens (tertiary/aromatic N) is 7. The van der Waals surface area contributed by atoms with E-state index < -0.39 is 5.63 Å². The number of aromatic nitrogens is 6. The van der Waals surface area contributed by atoms with Crippen LogP contribution >= 0.6 is 22.7 Å². The zero-order chi connectivity index (χ0) is 27.2. The number of aryl methyl sites for hydroxylation is 1. The van der Waals surface area contributed by atoms with Gasteiger partial charge in [-0.25, -0.2) is 19.4 Å². The molecule has 2 aromatic carbocycles. The Labute approximate surface area is 234 Å². The minimum Gasteiger partial charge on any atom is -0.422 e. The SMILES string of the molecule is Cc1ccc(-n2nnc(-c3nc4sccn4c3/C=N\Nc3nc(-c4cc5ccccc5oc4=O)cs3)c2C)cc1. The molecule has 10 nitrogen and oxygen atoms in total. The number of hydrazone groups is 1. The minimum atomic E-state index is -0.433. The first-order valence-electron chi connectivity index (χ1n) is 12.3. The number of rotatable bonds is 6. The maximum atomic E-state index is 12.5. The summed E-state index contributed by atoms with van der Waals surface area (Å²) in [4.78, 5) is 22.7. The highest BCUT2D eigenvalue weighted by Crippen LogP contribution is 2.28. The van der Waals surface area contributed by atoms with Gasteiger partial charge in [-0.1, -0.05) is 41.1 Å². The number of thiazole rings is 2. The molecule has 0 bridgehead atoms. The molecular formula is C28H20N8O2S2. The molecule has 0 amide bonds. The normalized spacial score (nSPS) is 11.8. The van der Waals surface area contributed by atoms with E-state index in [1.165, 1.54) is 28.2 Å². The van der Waals surface area contributed by atoms with Gasteiger partial charge in [-0.05, 0) is 38.1 Å². The summed E-state index contributed by atoms with van der Waals surface area (Å²) in [7, 11) is 0. The van der Waals surface area contributed by atoms with Crippen LogP contribution in [0.3, 0.4) is 0 Å². The summed E-state index contributed by atoms with van der Waals surface area (Å²) in [6.45, 7) is 4.02. The van der Waals surface area contributed by atoms with E-state index in [2.05, 4.69) is 25.8 Å². The third kappa shape index (κ3) is 4.19. The summed E-state index contributed by atoms with van der Waals surface area (Å²) in [5, 5.41) is 18.4. The van der Waals surface area contributed by atoms with Crippen LogP contribution in [0, 0.1) is 13.8 Å². The fourth-order valence-electron chi connectivity index (χ4n) is 4.42. The average Bonchev–Trinajstić information content (AvgIpc) is 3.74. The predicted octanol–water partition coefficient (Wildman–Crippen LogP) is 5.94. The van der Waals surface area contributed by atoms with Crippen molar-refractivity contribution in [3.63, 3.8) is 0 Å². The van der Waals surface area contributed by atoms with E-state index in [0.717, 1.165) is 27.4 Å². The van der Waals surface area contributed by atoms with Crippen molar-refractivity contribution in [1.82, 2.24) is 29.4 Å². The van der Waals surface area contributed by atoms with Crippen LogP contribution in [0.4, 0.5) is 5.13 Å². The summed E-state index contributed by atoms with van der Waals surface area (Å²) in [6, 6.07) is 17.3. The number of hydrogen-bond donors (Lipinski definition) is 1. The number of anilines is 1. The first kappa shape index (κ1) is 24.1. The summed E-state index contributed by atoms with van der Waals surface area (Å²) < 4.78 is 9.23. The van der Waals surface area contributed by atoms with Gasteiger partial charge in [0.25, 0.3) is 0 Å². The van der Waals surface area contributed by atoms with E-state index in [0.29, 0.717) is 33.4 Å². The first-order chi connectivity index (χ1) is 19.5. The maximum Gasteiger partial charge on any atom is 0.345 e. The standard InChI is InChI=1S/C28H20N8O2S2/c1-16-7-9-19(10-8-16)36-17(2)24(32-34-36)25-22(35-11-12-39-28(35)31-25)14-29-33-27-30-21(15-40-27)20-13-18-5-3-4-6-23(18)38-26(20)37/h3-15H,1-2H3,(H,30,33)/b29-14-. The van der Waals surface area contributed by atoms with Gasteiger partial charge in [0, 0.05) is 22.3 Å². The lowest BCUT2D eigenvalue weighted by Crippen LogP contribution is -2.03. The molecule has 0 aliphatic heterocycles. The molecule has 7 rings (SSSR count). The van der Waals surface area contributed by atoms with Crippen molar-refractivity contribution >= 4 is 49.9 Å². The third-order valence-corrected chi connectivity index (χ3v) is 7.97. The van der Waals surface area contributed by atoms with Crippen molar-refractivity contribution in [3.05, 3.63) is 98.9 Å². The zero-order valence-corrected chi connectivity index (χ0v) is 22.9. The highest BCUT2D eigenvalue weighted by atomic mass is 32.1. The Morgan fingerprint density at radius 1 is 1.02 bits per heavy atom. The van der Waals surface area contributed by atoms with Gasteiger partial charge in [-0.15, -0.1) is 27.8 Å². The molecule has 0 fully saturated rings. The number of nitrogens with one attached hydrogen (secondary N) is 1. The van der Waals surface area contributed by atoms with E-state index in [-0.39, 0.29) is 0 Å². The average molecular weight is 565 g/mol. The summed E-state index contributed by atoms with van der Waals surface area (Å²) in [5.74, 6) is 0. The van der Waals surface area contributed by atoms with Crippen LogP contribution in [-0.4, -0.2) is 35.6 Å². The monoisotopic (exact) mass is 564 g/mol. The largest absolute Gasteiger partial charge is 0.422 e. The van der Waals surface area contributed by atoms with Crippen LogP contribution in [0.1, 0.15) is 17.0 Å². The Kier molecular flexibility index (Phi) is 5.83. The second-order valence-corrected chi connectivity index (χ2v) is 10.8. The van der Waals surface area contributed by atoms with Crippen molar-refractivity contribution in [2.45, 2.75) is 13.8 Å². The topological polar surface area (TPSA) is 116 Å². The molecule has 5 aromatic heterocycles. The Balaban J connectivity index is 1.18. The van der Waals surface area contributed by atoms with Gasteiger partial charge in [0.1, 0.15) is 17.0 Å². The highest BCUT2D eigenvalue weighted by molar-refractivity contribution is 7.15. The van der Waals surface area contributed by atoms with E-state index in [1.54, 1.807) is 23.7 Å². The van der Waals surface area contributed by atoms with Gasteiger partial charge in [0.2, 0.25) is 5.13 Å². The van der Waals surface area contributed by atoms with E-state index in [4.69, 9.17) is 9.40 Å². The van der Waals surface area contributed by atoms with E-state index in [9.17, 15) is 4.79 Å². The quantitative estimate of drug-likeness (QED) is 0.151. The predicted molar refractivity (Wildman–Crippen MR) is 158 cm³/mol. The Morgan fingerprint density at radius 2 is 1.88 bits per heavy atom. The lowest BCUT2D eigenvalue weighted by Gasteiger charge is -2.04. The molecule has 0 radical (unpaired) electrons. The fourth-order valence-corrected chi connectivity index (χ4v) is 5.80. The lowest BCUT2D eigenvalue weighted by molar-refractivity contribution is 0.563. The van der Waals surface area contributed by atoms with Gasteiger partial charge in [-0.2, -0.15) is 5.10 Å². The van der Waals surface area contributed by atoms with E-state index in [1.807, 2.05) is 77.0 Å². The van der Waals surface area contributed by atoms with E-state index >= 15 is 0 Å². The molecule has 0 unspecified atom stereocenters. The molecule has 40 heavy (non-hydrogen) atoms. The molecule has 7 aromatic rings. The molecule has 5 heterocycles. The minimum absolute atomic E-state index is 0.400. The molecule has 0 spiro atoms. The lowest BCUT2D eigenvalue weighted by atomic mass is 10.1. The van der Waals surface area contributed by atoms with Gasteiger partial charge >= 0.3 is 5.63 Å². The van der Waals surface area contributed by atoms with Gasteiger partial charge in [-0.3, -0.25) is 9.83 Å². The number of hydrogen-bond acceptors (Lipinski definition) is 10. The number of benzene rings is 2. The van der Waals surface area contributed by atoms with Crippen LogP contribution in [0.25, 0.3) is 44.3 Å². The Morgan fingerprint density at radius 3 is 2.75 bits per heavy atom. The number of fused-ring (bicyclic) bond motifs is 2. The molecule has 0 atom stereocenters. The third-order valence-electron chi connectivity index (χ3n) is 6.47. The summed E-state index contributed by atoms with van der Waals surface area (Å²) in [6.07, 6.45) is 3.63. The molecule has 0 aliphatic carbocycles. The van der Waals surface area contributed by atoms with Crippen molar-refractivity contribution < 1.29 is 4.42 Å². The van der Waals surface area contributed by atoms with Crippen molar-refractivity contribution in [3.8, 4) is 28.3 Å². The highest BCUT2D eigenvalue weighted by Gasteiger charge is 2.21. The first-order valence-corrected chi connectivity index (χ1v) is 14.0. The summed E-state index contributed by atoms with van der Waals surface area (Å²) >= 11 is 2.87. The number of para-hydroxylation sites is 1. The Bertz CT molecular complexity index is 2100. The van der Waals surface area contributed by atoms with Crippen molar-refractivity contribution in [2.75, 3.05) is 5.43 Å². The molecule has 0 saturated heterocycles. The van der Waals surface area contributed by atoms with Gasteiger partial charge in [0.15, 0.2) is 4.96 Å². The molecule has 1 N–H and O–H groups in total.